The number of hydrogen-bond donors (Lipinski definition) is 1. The number of carbonyl (C=O) groups is 1. The Morgan fingerprint density at radius 1 is 1.28 bits per heavy atom. The highest BCUT2D eigenvalue weighted by molar-refractivity contribution is 7.80. The number of nitrogens with one attached hydrogen (secondary N) is 1. The molecule has 0 spiro atoms. The fourth-order valence-corrected chi connectivity index (χ4v) is 2.96. The molecule has 0 bridgehead atoms. The van der Waals surface area contributed by atoms with Gasteiger partial charge in [-0.05, 0) is 43.4 Å². The minimum Gasteiger partial charge on any atom is -0.497 e. The molecule has 0 aliphatic carbocycles. The van der Waals surface area contributed by atoms with Gasteiger partial charge in [-0.1, -0.05) is 0 Å². The lowest BCUT2D eigenvalue weighted by Crippen LogP contribution is -2.30. The smallest absolute Gasteiger partial charge is 0.281 e. The van der Waals surface area contributed by atoms with Crippen molar-refractivity contribution in [2.24, 2.45) is 7.05 Å². The Bertz CT molecular complexity index is 888. The van der Waals surface area contributed by atoms with Gasteiger partial charge in [0.15, 0.2) is 5.11 Å². The molecule has 130 valence electrons. The normalized spacial score (nSPS) is 15.7. The maximum Gasteiger partial charge on any atom is 0.281 e. The quantitative estimate of drug-likeness (QED) is 0.666. The number of benzene rings is 1. The van der Waals surface area contributed by atoms with Crippen LogP contribution in [0.1, 0.15) is 11.3 Å². The minimum absolute atomic E-state index is 0.244. The van der Waals surface area contributed by atoms with E-state index in [1.807, 2.05) is 6.92 Å². The summed E-state index contributed by atoms with van der Waals surface area (Å²) in [6.07, 6.45) is 3.46. The number of methoxy groups -OCH3 is 2. The number of nitrogens with zero attached hydrogens (tertiary/aromatic N) is 3. The van der Waals surface area contributed by atoms with Gasteiger partial charge in [0.25, 0.3) is 5.91 Å². The first-order valence-electron chi connectivity index (χ1n) is 7.54. The van der Waals surface area contributed by atoms with E-state index in [2.05, 4.69) is 10.4 Å². The average molecular weight is 358 g/mol. The second-order valence-electron chi connectivity index (χ2n) is 5.51. The monoisotopic (exact) mass is 358 g/mol. The molecule has 8 heteroatoms. The van der Waals surface area contributed by atoms with Crippen LogP contribution in [-0.4, -0.2) is 35.0 Å². The molecule has 0 saturated carbocycles. The number of carbonyl (C=O) groups excluding carboxylic acids is 1. The Morgan fingerprint density at radius 2 is 2.04 bits per heavy atom. The molecule has 1 aliphatic heterocycles. The number of hydrogen-bond acceptors (Lipinski definition) is 5. The van der Waals surface area contributed by atoms with Gasteiger partial charge in [0.1, 0.15) is 17.2 Å². The van der Waals surface area contributed by atoms with Crippen molar-refractivity contribution in [3.8, 4) is 11.5 Å². The minimum atomic E-state index is -0.244. The Hall–Kier alpha value is -2.87. The molecule has 25 heavy (non-hydrogen) atoms. The third-order valence-corrected chi connectivity index (χ3v) is 4.13. The van der Waals surface area contributed by atoms with Crippen LogP contribution < -0.4 is 19.7 Å². The summed E-state index contributed by atoms with van der Waals surface area (Å²) in [5.74, 6) is 1.05. The van der Waals surface area contributed by atoms with Gasteiger partial charge >= 0.3 is 0 Å². The summed E-state index contributed by atoms with van der Waals surface area (Å²) in [6.45, 7) is 1.83. The molecule has 0 atom stereocenters. The molecule has 1 N–H and O–H groups in total. The maximum absolute atomic E-state index is 12.8. The van der Waals surface area contributed by atoms with E-state index in [1.54, 1.807) is 56.4 Å². The van der Waals surface area contributed by atoms with E-state index in [0.717, 1.165) is 5.69 Å². The molecule has 1 aliphatic rings. The van der Waals surface area contributed by atoms with E-state index >= 15 is 0 Å². The number of ether oxygens (including phenoxy) is 2. The van der Waals surface area contributed by atoms with E-state index in [4.69, 9.17) is 21.7 Å². The van der Waals surface area contributed by atoms with Gasteiger partial charge in [0, 0.05) is 18.8 Å². The molecule has 2 heterocycles. The fraction of sp³-hybridized carbons (Fsp3) is 0.235. The highest BCUT2D eigenvalue weighted by Crippen LogP contribution is 2.29. The average Bonchev–Trinajstić information content (AvgIpc) is 3.05. The number of anilines is 1. The molecule has 7 nitrogen and oxygen atoms in total. The lowest BCUT2D eigenvalue weighted by atomic mass is 10.1. The summed E-state index contributed by atoms with van der Waals surface area (Å²) in [7, 11) is 4.95. The Balaban J connectivity index is 2.00. The molecule has 0 radical (unpaired) electrons. The van der Waals surface area contributed by atoms with Crippen molar-refractivity contribution in [1.29, 1.82) is 0 Å². The Morgan fingerprint density at radius 3 is 2.64 bits per heavy atom. The highest BCUT2D eigenvalue weighted by atomic mass is 32.1. The van der Waals surface area contributed by atoms with Crippen molar-refractivity contribution in [1.82, 2.24) is 15.1 Å². The van der Waals surface area contributed by atoms with Gasteiger partial charge < -0.3 is 14.8 Å². The number of thiocarbonyl (C=S) groups is 1. The molecule has 1 amide bonds. The number of rotatable bonds is 4. The predicted molar refractivity (Wildman–Crippen MR) is 98.7 cm³/mol. The van der Waals surface area contributed by atoms with Crippen molar-refractivity contribution < 1.29 is 14.3 Å². The van der Waals surface area contributed by atoms with Crippen LogP contribution in [0.3, 0.4) is 0 Å². The molecule has 3 rings (SSSR count). The molecule has 0 unspecified atom stereocenters. The topological polar surface area (TPSA) is 68.6 Å². The lowest BCUT2D eigenvalue weighted by Gasteiger charge is -2.12. The highest BCUT2D eigenvalue weighted by Gasteiger charge is 2.34. The van der Waals surface area contributed by atoms with Crippen LogP contribution in [0.2, 0.25) is 0 Å². The number of aryl methyl sites for hydroxylation is 2. The van der Waals surface area contributed by atoms with Crippen molar-refractivity contribution in [2.75, 3.05) is 19.1 Å². The third kappa shape index (κ3) is 3.08. The van der Waals surface area contributed by atoms with Gasteiger partial charge in [-0.2, -0.15) is 5.10 Å². The molecule has 1 fully saturated rings. The van der Waals surface area contributed by atoms with E-state index in [0.29, 0.717) is 33.6 Å². The van der Waals surface area contributed by atoms with Crippen molar-refractivity contribution in [3.63, 3.8) is 0 Å². The molecular weight excluding hydrogens is 340 g/mol. The number of aromatic nitrogens is 2. The van der Waals surface area contributed by atoms with Gasteiger partial charge in [0.2, 0.25) is 0 Å². The molecule has 1 saturated heterocycles. The van der Waals surface area contributed by atoms with Crippen molar-refractivity contribution in [2.45, 2.75) is 6.92 Å². The summed E-state index contributed by atoms with van der Waals surface area (Å²) >= 11 is 5.33. The van der Waals surface area contributed by atoms with Crippen LogP contribution >= 0.6 is 12.2 Å². The molecule has 2 aromatic rings. The van der Waals surface area contributed by atoms with Crippen molar-refractivity contribution >= 4 is 35.0 Å². The fourth-order valence-electron chi connectivity index (χ4n) is 2.67. The number of amides is 1. The zero-order valence-electron chi connectivity index (χ0n) is 14.4. The molecule has 1 aromatic heterocycles. The van der Waals surface area contributed by atoms with E-state index in [1.165, 1.54) is 4.90 Å². The first-order chi connectivity index (χ1) is 11.9. The zero-order valence-corrected chi connectivity index (χ0v) is 15.2. The van der Waals surface area contributed by atoms with E-state index in [9.17, 15) is 4.79 Å². The van der Waals surface area contributed by atoms with Gasteiger partial charge in [-0.25, -0.2) is 4.90 Å². The molecule has 1 aromatic carbocycles. The van der Waals surface area contributed by atoms with Crippen LogP contribution in [0.4, 0.5) is 5.69 Å². The first-order valence-corrected chi connectivity index (χ1v) is 7.95. The van der Waals surface area contributed by atoms with Gasteiger partial charge in [-0.3, -0.25) is 9.48 Å². The van der Waals surface area contributed by atoms with E-state index in [-0.39, 0.29) is 5.91 Å². The summed E-state index contributed by atoms with van der Waals surface area (Å²) in [5.41, 5.74) is 2.45. The molecular formula is C17H18N4O3S. The second kappa shape index (κ2) is 6.56. The standard InChI is InChI=1S/C17H18N4O3S/c1-10-14(9-20(2)19-10)21-16(22)13(18-17(21)25)8-11-7-12(23-3)5-6-15(11)24-4/h5-9H,1-4H3,(H,18,25)/b13-8+. The summed E-state index contributed by atoms with van der Waals surface area (Å²) in [6, 6.07) is 5.37. The zero-order chi connectivity index (χ0) is 18.1. The summed E-state index contributed by atoms with van der Waals surface area (Å²) < 4.78 is 12.2. The van der Waals surface area contributed by atoms with Crippen LogP contribution in [0.15, 0.2) is 30.1 Å². The van der Waals surface area contributed by atoms with Gasteiger partial charge in [0.05, 0.1) is 25.6 Å². The van der Waals surface area contributed by atoms with Crippen LogP contribution in [0, 0.1) is 6.92 Å². The maximum atomic E-state index is 12.8. The Kier molecular flexibility index (Phi) is 4.45. The third-order valence-electron chi connectivity index (χ3n) is 3.84. The van der Waals surface area contributed by atoms with Crippen LogP contribution in [-0.2, 0) is 11.8 Å². The van der Waals surface area contributed by atoms with Crippen molar-refractivity contribution in [3.05, 3.63) is 41.4 Å². The van der Waals surface area contributed by atoms with Crippen LogP contribution in [0.25, 0.3) is 6.08 Å². The van der Waals surface area contributed by atoms with Crippen LogP contribution in [0.5, 0.6) is 11.5 Å². The summed E-state index contributed by atoms with van der Waals surface area (Å²) in [4.78, 5) is 14.3. The first kappa shape index (κ1) is 17.0. The van der Waals surface area contributed by atoms with Gasteiger partial charge in [-0.15, -0.1) is 0 Å². The second-order valence-corrected chi connectivity index (χ2v) is 5.90. The largest absolute Gasteiger partial charge is 0.497 e. The predicted octanol–water partition coefficient (Wildman–Crippen LogP) is 2.01. The van der Waals surface area contributed by atoms with E-state index < -0.39 is 0 Å². The SMILES string of the molecule is COc1ccc(OC)c(/C=C2/NC(=S)N(c3cn(C)nc3C)C2=O)c1. The summed E-state index contributed by atoms with van der Waals surface area (Å²) in [5, 5.41) is 7.54. The lowest BCUT2D eigenvalue weighted by molar-refractivity contribution is -0.113. The Labute approximate surface area is 150 Å².